The fraction of sp³-hybridized carbons (Fsp3) is 0.429. The van der Waals surface area contributed by atoms with Crippen LogP contribution in [0.15, 0.2) is 35.4 Å². The van der Waals surface area contributed by atoms with Gasteiger partial charge in [-0.05, 0) is 11.3 Å². The largest absolute Gasteiger partial charge is 0.478 e. The molecule has 0 saturated heterocycles. The third kappa shape index (κ3) is 5.40. The Morgan fingerprint density at radius 1 is 1.19 bits per heavy atom. The molecule has 32 heavy (non-hydrogen) atoms. The highest BCUT2D eigenvalue weighted by atomic mass is 32.2. The number of methoxy groups -OCH3 is 1. The zero-order valence-electron chi connectivity index (χ0n) is 19.0. The van der Waals surface area contributed by atoms with Gasteiger partial charge in [-0.25, -0.2) is 9.36 Å². The lowest BCUT2D eigenvalue weighted by atomic mass is 10.2. The van der Waals surface area contributed by atoms with Crippen LogP contribution in [-0.2, 0) is 17.8 Å². The number of hydrogen-bond donors (Lipinski definition) is 3. The van der Waals surface area contributed by atoms with E-state index in [-0.39, 0.29) is 0 Å². The molecule has 0 atom stereocenters. The summed E-state index contributed by atoms with van der Waals surface area (Å²) in [6.07, 6.45) is 0. The van der Waals surface area contributed by atoms with Gasteiger partial charge in [0.1, 0.15) is 23.1 Å². The number of thioether (sulfide) groups is 1. The van der Waals surface area contributed by atoms with Crippen LogP contribution in [0.3, 0.4) is 0 Å². The average molecular weight is 461 g/mol. The zero-order valence-corrected chi connectivity index (χ0v) is 19.9. The summed E-state index contributed by atoms with van der Waals surface area (Å²) in [5.41, 5.74) is 14.5. The molecule has 10 nitrogen and oxygen atoms in total. The Morgan fingerprint density at radius 3 is 2.59 bits per heavy atom. The second kappa shape index (κ2) is 11.0. The molecule has 0 fully saturated rings. The molecular formula is C21H32N8O2S. The number of fused-ring (bicyclic) bond motifs is 1. The van der Waals surface area contributed by atoms with Crippen molar-refractivity contribution in [3.05, 3.63) is 35.9 Å². The van der Waals surface area contributed by atoms with Gasteiger partial charge < -0.3 is 31.2 Å². The molecule has 1 aromatic carbocycles. The predicted molar refractivity (Wildman–Crippen MR) is 131 cm³/mol. The van der Waals surface area contributed by atoms with E-state index in [1.807, 2.05) is 41.9 Å². The van der Waals surface area contributed by atoms with Crippen molar-refractivity contribution in [2.45, 2.75) is 25.0 Å². The van der Waals surface area contributed by atoms with Crippen LogP contribution in [0.1, 0.15) is 12.5 Å². The van der Waals surface area contributed by atoms with Gasteiger partial charge in [0.15, 0.2) is 11.6 Å². The van der Waals surface area contributed by atoms with E-state index in [1.54, 1.807) is 23.6 Å². The van der Waals surface area contributed by atoms with E-state index in [0.29, 0.717) is 31.4 Å². The van der Waals surface area contributed by atoms with Crippen LogP contribution < -0.4 is 26.4 Å². The summed E-state index contributed by atoms with van der Waals surface area (Å²) in [4.78, 5) is 2.02. The first-order chi connectivity index (χ1) is 15.5. The minimum absolute atomic E-state index is 0.457. The van der Waals surface area contributed by atoms with Crippen LogP contribution in [0.2, 0.25) is 0 Å². The van der Waals surface area contributed by atoms with Gasteiger partial charge in [-0.2, -0.15) is 5.10 Å². The number of nitrogen functional groups attached to an aromatic ring is 2. The molecule has 0 unspecified atom stereocenters. The maximum atomic E-state index is 6.20. The molecule has 2 aromatic heterocycles. The third-order valence-electron chi connectivity index (χ3n) is 4.74. The fourth-order valence-corrected chi connectivity index (χ4v) is 4.00. The van der Waals surface area contributed by atoms with E-state index < -0.39 is 0 Å². The van der Waals surface area contributed by atoms with Crippen LogP contribution >= 0.6 is 11.8 Å². The molecule has 0 radical (unpaired) electrons. The Morgan fingerprint density at radius 2 is 1.94 bits per heavy atom. The highest BCUT2D eigenvalue weighted by Crippen LogP contribution is 2.32. The number of anilines is 4. The molecule has 0 bridgehead atoms. The molecule has 11 heteroatoms. The molecule has 0 amide bonds. The molecule has 3 aromatic rings. The number of aromatic nitrogens is 4. The van der Waals surface area contributed by atoms with Crippen molar-refractivity contribution in [3.8, 4) is 5.88 Å². The number of hydrogen-bond acceptors (Lipinski definition) is 9. The van der Waals surface area contributed by atoms with Crippen molar-refractivity contribution in [2.24, 2.45) is 0 Å². The van der Waals surface area contributed by atoms with Gasteiger partial charge in [-0.15, -0.1) is 16.9 Å². The SMILES string of the molecule is CCSc1nn(Cc2ccccc2)c(N(C)C)c1N.COc1nn2c(c1N)NCOCC2. The molecule has 0 aliphatic carbocycles. The Labute approximate surface area is 192 Å². The van der Waals surface area contributed by atoms with Crippen LogP contribution in [0, 0.1) is 0 Å². The first-order valence-corrected chi connectivity index (χ1v) is 11.4. The molecular weight excluding hydrogens is 428 g/mol. The Kier molecular flexibility index (Phi) is 8.12. The van der Waals surface area contributed by atoms with Crippen molar-refractivity contribution in [2.75, 3.05) is 62.0 Å². The van der Waals surface area contributed by atoms with Gasteiger partial charge in [-0.3, -0.25) is 0 Å². The van der Waals surface area contributed by atoms with Crippen LogP contribution in [0.25, 0.3) is 0 Å². The van der Waals surface area contributed by atoms with Gasteiger partial charge >= 0.3 is 0 Å². The lowest BCUT2D eigenvalue weighted by Gasteiger charge is -2.15. The van der Waals surface area contributed by atoms with Gasteiger partial charge in [0, 0.05) is 14.1 Å². The third-order valence-corrected chi connectivity index (χ3v) is 5.61. The summed E-state index contributed by atoms with van der Waals surface area (Å²) in [5, 5.41) is 12.7. The van der Waals surface area contributed by atoms with Crippen LogP contribution in [0.5, 0.6) is 5.88 Å². The van der Waals surface area contributed by atoms with Crippen molar-refractivity contribution in [1.29, 1.82) is 0 Å². The lowest BCUT2D eigenvalue weighted by molar-refractivity contribution is 0.149. The van der Waals surface area contributed by atoms with E-state index in [9.17, 15) is 0 Å². The van der Waals surface area contributed by atoms with Crippen molar-refractivity contribution < 1.29 is 9.47 Å². The summed E-state index contributed by atoms with van der Waals surface area (Å²) in [7, 11) is 5.54. The van der Waals surface area contributed by atoms with E-state index >= 15 is 0 Å². The summed E-state index contributed by atoms with van der Waals surface area (Å²) >= 11 is 1.68. The van der Waals surface area contributed by atoms with Gasteiger partial charge in [-0.1, -0.05) is 37.3 Å². The number of nitrogens with zero attached hydrogens (tertiary/aromatic N) is 5. The lowest BCUT2D eigenvalue weighted by Crippen LogP contribution is -2.16. The summed E-state index contributed by atoms with van der Waals surface area (Å²) in [5.74, 6) is 3.18. The topological polar surface area (TPSA) is 121 Å². The van der Waals surface area contributed by atoms with Crippen molar-refractivity contribution >= 4 is 34.8 Å². The van der Waals surface area contributed by atoms with Crippen LogP contribution in [0.4, 0.5) is 23.0 Å². The summed E-state index contributed by atoms with van der Waals surface area (Å²) in [6, 6.07) is 10.3. The second-order valence-corrected chi connectivity index (χ2v) is 8.49. The maximum absolute atomic E-state index is 6.20. The Hall–Kier alpha value is -3.05. The van der Waals surface area contributed by atoms with E-state index in [2.05, 4.69) is 34.6 Å². The summed E-state index contributed by atoms with van der Waals surface area (Å²) in [6.45, 7) is 4.62. The standard InChI is InChI=1S/C14H20N4S.C7H12N4O2/c1-4-19-13-12(15)14(17(2)3)18(16-13)10-11-8-6-5-7-9-11;1-12-7-5(8)6-9-4-13-3-2-11(6)10-7/h5-9H,4,10,15H2,1-3H3;9H,2-4,8H2,1H3. The predicted octanol–water partition coefficient (Wildman–Crippen LogP) is 2.57. The van der Waals surface area contributed by atoms with Crippen LogP contribution in [-0.4, -0.2) is 59.9 Å². The molecule has 1 aliphatic heterocycles. The minimum Gasteiger partial charge on any atom is -0.478 e. The van der Waals surface area contributed by atoms with Crippen molar-refractivity contribution in [3.63, 3.8) is 0 Å². The Bertz CT molecular complexity index is 1000. The first kappa shape index (κ1) is 23.6. The number of benzene rings is 1. The minimum atomic E-state index is 0.457. The molecule has 5 N–H and O–H groups in total. The molecule has 3 heterocycles. The van der Waals surface area contributed by atoms with E-state index in [0.717, 1.165) is 34.6 Å². The number of nitrogens with two attached hydrogens (primary N) is 2. The summed E-state index contributed by atoms with van der Waals surface area (Å²) < 4.78 is 13.9. The van der Waals surface area contributed by atoms with Gasteiger partial charge in [0.05, 0.1) is 26.8 Å². The maximum Gasteiger partial charge on any atom is 0.258 e. The molecule has 174 valence electrons. The van der Waals surface area contributed by atoms with Gasteiger partial charge in [0.25, 0.3) is 5.88 Å². The van der Waals surface area contributed by atoms with Gasteiger partial charge in [0.2, 0.25) is 0 Å². The average Bonchev–Trinajstić information content (AvgIpc) is 3.13. The number of rotatable bonds is 6. The van der Waals surface area contributed by atoms with E-state index in [1.165, 1.54) is 5.56 Å². The molecule has 0 saturated carbocycles. The highest BCUT2D eigenvalue weighted by Gasteiger charge is 2.18. The second-order valence-electron chi connectivity index (χ2n) is 7.24. The monoisotopic (exact) mass is 460 g/mol. The van der Waals surface area contributed by atoms with Crippen molar-refractivity contribution in [1.82, 2.24) is 19.6 Å². The number of nitrogens with one attached hydrogen (secondary N) is 1. The Balaban J connectivity index is 0.000000193. The molecule has 4 rings (SSSR count). The highest BCUT2D eigenvalue weighted by molar-refractivity contribution is 7.99. The quantitative estimate of drug-likeness (QED) is 0.476. The first-order valence-electron chi connectivity index (χ1n) is 10.4. The molecule has 0 spiro atoms. The zero-order chi connectivity index (χ0) is 23.1. The van der Waals surface area contributed by atoms with E-state index in [4.69, 9.17) is 20.9 Å². The fourth-order valence-electron chi connectivity index (χ4n) is 3.32. The normalized spacial score (nSPS) is 12.8. The number of ether oxygens (including phenoxy) is 2. The smallest absolute Gasteiger partial charge is 0.258 e. The molecule has 1 aliphatic rings.